The van der Waals surface area contributed by atoms with Crippen LogP contribution >= 0.6 is 0 Å². The number of para-hydroxylation sites is 2. The lowest BCUT2D eigenvalue weighted by Gasteiger charge is -2.26. The number of benzene rings is 9. The van der Waals surface area contributed by atoms with Crippen LogP contribution in [0.1, 0.15) is 0 Å². The van der Waals surface area contributed by atoms with Gasteiger partial charge in [-0.25, -0.2) is 4.98 Å². The molecule has 0 fully saturated rings. The standard InChI is InChI=1S/C51H32N2O2/c1-4-11-33(12-5-1)38-25-30-47-45(31-38)43-18-10-17-42(49(43)54-47)34-21-26-40(27-22-34)53(39-15-8-3-9-16-39)41-28-23-35-19-20-36-24-29-46-50(48(36)44(35)32-41)55-51(52-46)37-13-6-2-7-14-37/h1-32H. The number of furan rings is 1. The molecule has 4 nitrogen and oxygen atoms in total. The summed E-state index contributed by atoms with van der Waals surface area (Å²) in [4.78, 5) is 7.20. The summed E-state index contributed by atoms with van der Waals surface area (Å²) in [5.74, 6) is 0.623. The van der Waals surface area contributed by atoms with E-state index in [0.717, 1.165) is 88.3 Å². The quantitative estimate of drug-likeness (QED) is 0.162. The third-order valence-corrected chi connectivity index (χ3v) is 10.7. The second-order valence-corrected chi connectivity index (χ2v) is 13.9. The van der Waals surface area contributed by atoms with Gasteiger partial charge in [0.05, 0.1) is 0 Å². The maximum absolute atomic E-state index is 6.56. The molecule has 2 heterocycles. The van der Waals surface area contributed by atoms with Crippen molar-refractivity contribution in [2.75, 3.05) is 4.90 Å². The summed E-state index contributed by atoms with van der Waals surface area (Å²) in [7, 11) is 0. The Kier molecular flexibility index (Phi) is 7.14. The van der Waals surface area contributed by atoms with Gasteiger partial charge in [0.1, 0.15) is 16.7 Å². The predicted octanol–water partition coefficient (Wildman–Crippen LogP) is 14.5. The topological polar surface area (TPSA) is 42.4 Å². The summed E-state index contributed by atoms with van der Waals surface area (Å²) < 4.78 is 13.1. The van der Waals surface area contributed by atoms with Gasteiger partial charge in [0.25, 0.3) is 0 Å². The molecule has 0 unspecified atom stereocenters. The van der Waals surface area contributed by atoms with E-state index in [1.54, 1.807) is 0 Å². The number of fused-ring (bicyclic) bond motifs is 8. The molecule has 0 saturated heterocycles. The first-order chi connectivity index (χ1) is 27.2. The molecule has 0 saturated carbocycles. The molecule has 0 aliphatic carbocycles. The SMILES string of the molecule is c1ccc(-c2ccc3oc4c(-c5ccc(N(c6ccccc6)c6ccc7ccc8ccc9nc(-c%10ccccc%10)oc9c8c7c6)cc5)cccc4c3c2)cc1. The minimum Gasteiger partial charge on any atom is -0.455 e. The van der Waals surface area contributed by atoms with Crippen molar-refractivity contribution in [3.8, 4) is 33.7 Å². The Labute approximate surface area is 317 Å². The number of oxazole rings is 1. The third kappa shape index (κ3) is 5.26. The predicted molar refractivity (Wildman–Crippen MR) is 227 cm³/mol. The molecular weight excluding hydrogens is 673 g/mol. The van der Waals surface area contributed by atoms with Crippen molar-refractivity contribution in [2.45, 2.75) is 0 Å². The van der Waals surface area contributed by atoms with E-state index in [2.05, 4.69) is 163 Å². The van der Waals surface area contributed by atoms with Crippen LogP contribution in [-0.2, 0) is 0 Å². The highest BCUT2D eigenvalue weighted by molar-refractivity contribution is 6.19. The number of nitrogens with zero attached hydrogens (tertiary/aromatic N) is 2. The number of hydrogen-bond donors (Lipinski definition) is 0. The fourth-order valence-corrected chi connectivity index (χ4v) is 8.00. The van der Waals surface area contributed by atoms with Gasteiger partial charge in [0.15, 0.2) is 5.58 Å². The monoisotopic (exact) mass is 704 g/mol. The number of anilines is 3. The molecule has 4 heteroatoms. The Morgan fingerprint density at radius 3 is 1.84 bits per heavy atom. The van der Waals surface area contributed by atoms with Crippen LogP contribution in [0.25, 0.3) is 88.3 Å². The molecule has 11 aromatic rings. The first-order valence-electron chi connectivity index (χ1n) is 18.5. The van der Waals surface area contributed by atoms with Crippen molar-refractivity contribution in [3.05, 3.63) is 194 Å². The molecular formula is C51H32N2O2. The second-order valence-electron chi connectivity index (χ2n) is 13.9. The maximum atomic E-state index is 6.56. The van der Waals surface area contributed by atoms with E-state index in [0.29, 0.717) is 5.89 Å². The van der Waals surface area contributed by atoms with Gasteiger partial charge in [0.2, 0.25) is 5.89 Å². The number of aromatic nitrogens is 1. The highest BCUT2D eigenvalue weighted by Gasteiger charge is 2.18. The number of rotatable bonds is 6. The van der Waals surface area contributed by atoms with Crippen molar-refractivity contribution in [1.82, 2.24) is 4.98 Å². The summed E-state index contributed by atoms with van der Waals surface area (Å²) in [5.41, 5.74) is 12.1. The lowest BCUT2D eigenvalue weighted by Crippen LogP contribution is -2.09. The van der Waals surface area contributed by atoms with Crippen LogP contribution < -0.4 is 4.90 Å². The molecule has 2 aromatic heterocycles. The van der Waals surface area contributed by atoms with Crippen molar-refractivity contribution in [2.24, 2.45) is 0 Å². The Morgan fingerprint density at radius 2 is 1.04 bits per heavy atom. The minimum atomic E-state index is 0.623. The molecule has 0 atom stereocenters. The molecule has 11 rings (SSSR count). The van der Waals surface area contributed by atoms with Gasteiger partial charge < -0.3 is 13.7 Å². The van der Waals surface area contributed by atoms with Crippen molar-refractivity contribution >= 4 is 71.6 Å². The summed E-state index contributed by atoms with van der Waals surface area (Å²) in [5, 5.41) is 6.65. The summed E-state index contributed by atoms with van der Waals surface area (Å²) in [6, 6.07) is 68.0. The van der Waals surface area contributed by atoms with E-state index < -0.39 is 0 Å². The number of hydrogen-bond acceptors (Lipinski definition) is 4. The molecule has 258 valence electrons. The average Bonchev–Trinajstić information content (AvgIpc) is 3.87. The maximum Gasteiger partial charge on any atom is 0.227 e. The molecule has 0 aliphatic rings. The van der Waals surface area contributed by atoms with Crippen LogP contribution in [0.5, 0.6) is 0 Å². The Morgan fingerprint density at radius 1 is 0.382 bits per heavy atom. The van der Waals surface area contributed by atoms with E-state index in [4.69, 9.17) is 13.8 Å². The fraction of sp³-hybridized carbons (Fsp3) is 0. The van der Waals surface area contributed by atoms with Crippen LogP contribution in [0.15, 0.2) is 203 Å². The van der Waals surface area contributed by atoms with Crippen LogP contribution in [0.3, 0.4) is 0 Å². The Bertz CT molecular complexity index is 3180. The van der Waals surface area contributed by atoms with E-state index in [-0.39, 0.29) is 0 Å². The Hall–Kier alpha value is -7.43. The molecule has 9 aromatic carbocycles. The zero-order valence-corrected chi connectivity index (χ0v) is 29.7. The highest BCUT2D eigenvalue weighted by Crippen LogP contribution is 2.42. The molecule has 0 aliphatic heterocycles. The highest BCUT2D eigenvalue weighted by atomic mass is 16.3. The van der Waals surface area contributed by atoms with Crippen LogP contribution in [0.4, 0.5) is 17.1 Å². The lowest BCUT2D eigenvalue weighted by atomic mass is 9.99. The van der Waals surface area contributed by atoms with Crippen molar-refractivity contribution in [1.29, 1.82) is 0 Å². The fourth-order valence-electron chi connectivity index (χ4n) is 8.00. The zero-order valence-electron chi connectivity index (χ0n) is 29.7. The minimum absolute atomic E-state index is 0.623. The first kappa shape index (κ1) is 31.1. The van der Waals surface area contributed by atoms with Gasteiger partial charge >= 0.3 is 0 Å². The largest absolute Gasteiger partial charge is 0.455 e. The van der Waals surface area contributed by atoms with E-state index in [1.807, 2.05) is 36.4 Å². The molecule has 0 amide bonds. The van der Waals surface area contributed by atoms with Crippen molar-refractivity contribution in [3.63, 3.8) is 0 Å². The van der Waals surface area contributed by atoms with E-state index >= 15 is 0 Å². The zero-order chi connectivity index (χ0) is 36.3. The van der Waals surface area contributed by atoms with Gasteiger partial charge in [-0.3, -0.25) is 0 Å². The van der Waals surface area contributed by atoms with Crippen LogP contribution in [-0.4, -0.2) is 4.98 Å². The molecule has 0 N–H and O–H groups in total. The summed E-state index contributed by atoms with van der Waals surface area (Å²) in [6.07, 6.45) is 0. The second kappa shape index (κ2) is 12.6. The summed E-state index contributed by atoms with van der Waals surface area (Å²) >= 11 is 0. The average molecular weight is 705 g/mol. The molecule has 55 heavy (non-hydrogen) atoms. The van der Waals surface area contributed by atoms with Crippen LogP contribution in [0, 0.1) is 0 Å². The van der Waals surface area contributed by atoms with Gasteiger partial charge in [-0.15, -0.1) is 0 Å². The van der Waals surface area contributed by atoms with E-state index in [9.17, 15) is 0 Å². The third-order valence-electron chi connectivity index (χ3n) is 10.7. The van der Waals surface area contributed by atoms with Gasteiger partial charge in [-0.1, -0.05) is 127 Å². The normalized spacial score (nSPS) is 11.6. The smallest absolute Gasteiger partial charge is 0.227 e. The van der Waals surface area contributed by atoms with E-state index in [1.165, 1.54) is 11.1 Å². The molecule has 0 spiro atoms. The van der Waals surface area contributed by atoms with Gasteiger partial charge in [0, 0.05) is 44.3 Å². The Balaban J connectivity index is 1.02. The van der Waals surface area contributed by atoms with Gasteiger partial charge in [-0.05, 0) is 99.6 Å². The summed E-state index contributed by atoms with van der Waals surface area (Å²) in [6.45, 7) is 0. The lowest BCUT2D eigenvalue weighted by molar-refractivity contribution is 0.623. The van der Waals surface area contributed by atoms with Crippen LogP contribution in [0.2, 0.25) is 0 Å². The molecule has 0 radical (unpaired) electrons. The first-order valence-corrected chi connectivity index (χ1v) is 18.5. The van der Waals surface area contributed by atoms with Gasteiger partial charge in [-0.2, -0.15) is 0 Å². The molecule has 0 bridgehead atoms. The van der Waals surface area contributed by atoms with Crippen molar-refractivity contribution < 1.29 is 8.83 Å².